The van der Waals surface area contributed by atoms with E-state index in [4.69, 9.17) is 4.74 Å². The molecule has 1 saturated carbocycles. The second kappa shape index (κ2) is 4.70. The number of amides is 1. The van der Waals surface area contributed by atoms with Gasteiger partial charge in [0.25, 0.3) is 5.91 Å². The molecule has 0 aromatic heterocycles. The van der Waals surface area contributed by atoms with Crippen molar-refractivity contribution in [2.75, 3.05) is 18.5 Å². The molecule has 3 rings (SSSR count). The van der Waals surface area contributed by atoms with E-state index in [1.807, 2.05) is 6.07 Å². The molecule has 1 aliphatic carbocycles. The summed E-state index contributed by atoms with van der Waals surface area (Å²) in [5, 5.41) is 15.1. The molecule has 20 heavy (non-hydrogen) atoms. The van der Waals surface area contributed by atoms with Gasteiger partial charge in [-0.25, -0.2) is 4.79 Å². The van der Waals surface area contributed by atoms with E-state index in [0.717, 1.165) is 12.1 Å². The Morgan fingerprint density at radius 3 is 2.80 bits per heavy atom. The van der Waals surface area contributed by atoms with Crippen LogP contribution in [0, 0.1) is 0 Å². The molecule has 0 bridgehead atoms. The maximum atomic E-state index is 12.3. The van der Waals surface area contributed by atoms with Crippen LogP contribution < -0.4 is 15.4 Å². The van der Waals surface area contributed by atoms with Crippen molar-refractivity contribution in [2.45, 2.75) is 24.8 Å². The first kappa shape index (κ1) is 12.8. The summed E-state index contributed by atoms with van der Waals surface area (Å²) in [5.74, 6) is -0.871. The lowest BCUT2D eigenvalue weighted by atomic mass is 9.76. The molecule has 106 valence electrons. The summed E-state index contributed by atoms with van der Waals surface area (Å²) in [6, 6.07) is 5.24. The highest BCUT2D eigenvalue weighted by Gasteiger charge is 2.46. The Balaban J connectivity index is 1.86. The zero-order valence-electron chi connectivity index (χ0n) is 10.9. The fraction of sp³-hybridized carbons (Fsp3) is 0.429. The number of carbonyl (C=O) groups is 2. The van der Waals surface area contributed by atoms with Crippen LogP contribution in [0.1, 0.15) is 29.6 Å². The Morgan fingerprint density at radius 2 is 2.15 bits per heavy atom. The number of fused-ring (bicyclic) bond motifs is 1. The third kappa shape index (κ3) is 1.97. The SMILES string of the molecule is O=C(NC1(C(=O)O)CCC1)c1cccc2c1OCCN2. The molecule has 1 aromatic rings. The van der Waals surface area contributed by atoms with Crippen LogP contribution in [-0.4, -0.2) is 35.7 Å². The number of carboxylic acids is 1. The van der Waals surface area contributed by atoms with E-state index in [9.17, 15) is 14.7 Å². The van der Waals surface area contributed by atoms with Crippen molar-refractivity contribution in [1.82, 2.24) is 5.32 Å². The fourth-order valence-corrected chi connectivity index (χ4v) is 2.56. The van der Waals surface area contributed by atoms with Gasteiger partial charge < -0.3 is 20.5 Å². The molecule has 0 atom stereocenters. The first-order valence-electron chi connectivity index (χ1n) is 6.68. The molecule has 0 unspecified atom stereocenters. The summed E-state index contributed by atoms with van der Waals surface area (Å²) in [6.45, 7) is 1.18. The van der Waals surface area contributed by atoms with Gasteiger partial charge in [0.05, 0.1) is 11.3 Å². The number of anilines is 1. The number of carbonyl (C=O) groups excluding carboxylic acids is 1. The second-order valence-corrected chi connectivity index (χ2v) is 5.15. The van der Waals surface area contributed by atoms with E-state index in [0.29, 0.717) is 37.3 Å². The standard InChI is InChI=1S/C14H16N2O4/c17-12(16-14(13(18)19)5-2-6-14)9-3-1-4-10-11(9)20-8-7-15-10/h1,3-4,15H,2,5-8H2,(H,16,17)(H,18,19). The minimum Gasteiger partial charge on any atom is -0.489 e. The van der Waals surface area contributed by atoms with Crippen LogP contribution in [0.25, 0.3) is 0 Å². The van der Waals surface area contributed by atoms with Crippen molar-refractivity contribution in [3.63, 3.8) is 0 Å². The summed E-state index contributed by atoms with van der Waals surface area (Å²) in [4.78, 5) is 23.6. The van der Waals surface area contributed by atoms with Crippen LogP contribution in [0.4, 0.5) is 5.69 Å². The number of benzene rings is 1. The minimum atomic E-state index is -1.11. The number of hydrogen-bond acceptors (Lipinski definition) is 4. The van der Waals surface area contributed by atoms with E-state index < -0.39 is 17.4 Å². The maximum Gasteiger partial charge on any atom is 0.329 e. The lowest BCUT2D eigenvalue weighted by Gasteiger charge is -2.38. The Kier molecular flexibility index (Phi) is 3.00. The summed E-state index contributed by atoms with van der Waals surface area (Å²) < 4.78 is 5.53. The Hall–Kier alpha value is -2.24. The molecule has 6 heteroatoms. The number of ether oxygens (including phenoxy) is 1. The highest BCUT2D eigenvalue weighted by molar-refractivity contribution is 6.01. The topological polar surface area (TPSA) is 87.7 Å². The minimum absolute atomic E-state index is 0.377. The van der Waals surface area contributed by atoms with Gasteiger partial charge in [-0.15, -0.1) is 0 Å². The Bertz CT molecular complexity index is 566. The van der Waals surface area contributed by atoms with Gasteiger partial charge in [-0.3, -0.25) is 4.79 Å². The third-order valence-electron chi connectivity index (χ3n) is 3.89. The average molecular weight is 276 g/mol. The van der Waals surface area contributed by atoms with Crippen molar-refractivity contribution < 1.29 is 19.4 Å². The molecule has 1 fully saturated rings. The van der Waals surface area contributed by atoms with Crippen molar-refractivity contribution in [2.24, 2.45) is 0 Å². The largest absolute Gasteiger partial charge is 0.489 e. The average Bonchev–Trinajstić information content (AvgIpc) is 2.41. The third-order valence-corrected chi connectivity index (χ3v) is 3.89. The van der Waals surface area contributed by atoms with Gasteiger partial charge in [0.1, 0.15) is 12.1 Å². The lowest BCUT2D eigenvalue weighted by Crippen LogP contribution is -2.59. The first-order valence-corrected chi connectivity index (χ1v) is 6.68. The monoisotopic (exact) mass is 276 g/mol. The van der Waals surface area contributed by atoms with Gasteiger partial charge in [-0.1, -0.05) is 6.07 Å². The molecule has 1 aliphatic heterocycles. The Morgan fingerprint density at radius 1 is 1.35 bits per heavy atom. The van der Waals surface area contributed by atoms with Crippen molar-refractivity contribution >= 4 is 17.6 Å². The van der Waals surface area contributed by atoms with Gasteiger partial charge in [0.15, 0.2) is 5.75 Å². The molecular weight excluding hydrogens is 260 g/mol. The Labute approximate surface area is 116 Å². The molecule has 0 saturated heterocycles. The molecule has 0 spiro atoms. The zero-order valence-corrected chi connectivity index (χ0v) is 10.9. The van der Waals surface area contributed by atoms with E-state index >= 15 is 0 Å². The van der Waals surface area contributed by atoms with Crippen molar-refractivity contribution in [3.05, 3.63) is 23.8 Å². The van der Waals surface area contributed by atoms with Gasteiger partial charge in [-0.2, -0.15) is 0 Å². The predicted octanol–water partition coefficient (Wildman–Crippen LogP) is 1.23. The summed E-state index contributed by atoms with van der Waals surface area (Å²) in [5.41, 5.74) is 0.0335. The number of para-hydroxylation sites is 1. The lowest BCUT2D eigenvalue weighted by molar-refractivity contribution is -0.148. The van der Waals surface area contributed by atoms with Gasteiger partial charge in [0, 0.05) is 6.54 Å². The van der Waals surface area contributed by atoms with Crippen LogP contribution in [0.15, 0.2) is 18.2 Å². The summed E-state index contributed by atoms with van der Waals surface area (Å²) in [7, 11) is 0. The van der Waals surface area contributed by atoms with Crippen LogP contribution in [0.5, 0.6) is 5.75 Å². The van der Waals surface area contributed by atoms with E-state index in [1.54, 1.807) is 12.1 Å². The van der Waals surface area contributed by atoms with Crippen molar-refractivity contribution in [3.8, 4) is 5.75 Å². The summed E-state index contributed by atoms with van der Waals surface area (Å²) in [6.07, 6.45) is 1.77. The molecular formula is C14H16N2O4. The number of nitrogens with one attached hydrogen (secondary N) is 2. The molecule has 2 aliphatic rings. The number of aliphatic carboxylic acids is 1. The normalized spacial score (nSPS) is 18.8. The fourth-order valence-electron chi connectivity index (χ4n) is 2.56. The molecule has 1 amide bonds. The zero-order chi connectivity index (χ0) is 14.2. The molecule has 1 aromatic carbocycles. The summed E-state index contributed by atoms with van der Waals surface area (Å²) >= 11 is 0. The molecule has 1 heterocycles. The molecule has 0 radical (unpaired) electrons. The molecule has 6 nitrogen and oxygen atoms in total. The van der Waals surface area contributed by atoms with Crippen LogP contribution in [-0.2, 0) is 4.79 Å². The van der Waals surface area contributed by atoms with Crippen LogP contribution >= 0.6 is 0 Å². The van der Waals surface area contributed by atoms with E-state index in [1.165, 1.54) is 0 Å². The second-order valence-electron chi connectivity index (χ2n) is 5.15. The predicted molar refractivity (Wildman–Crippen MR) is 72.1 cm³/mol. The number of rotatable bonds is 3. The highest BCUT2D eigenvalue weighted by Crippen LogP contribution is 2.35. The van der Waals surface area contributed by atoms with Crippen LogP contribution in [0.2, 0.25) is 0 Å². The van der Waals surface area contributed by atoms with Crippen molar-refractivity contribution in [1.29, 1.82) is 0 Å². The number of hydrogen-bond donors (Lipinski definition) is 3. The van der Waals surface area contributed by atoms with Gasteiger partial charge in [-0.05, 0) is 31.4 Å². The van der Waals surface area contributed by atoms with E-state index in [2.05, 4.69) is 10.6 Å². The quantitative estimate of drug-likeness (QED) is 0.773. The first-order chi connectivity index (χ1) is 9.62. The van der Waals surface area contributed by atoms with Gasteiger partial charge in [0.2, 0.25) is 0 Å². The van der Waals surface area contributed by atoms with Gasteiger partial charge >= 0.3 is 5.97 Å². The molecule has 3 N–H and O–H groups in total. The van der Waals surface area contributed by atoms with Crippen LogP contribution in [0.3, 0.4) is 0 Å². The smallest absolute Gasteiger partial charge is 0.329 e. The highest BCUT2D eigenvalue weighted by atomic mass is 16.5. The van der Waals surface area contributed by atoms with E-state index in [-0.39, 0.29) is 0 Å². The number of carboxylic acid groups (broad SMARTS) is 1. The maximum absolute atomic E-state index is 12.3.